The summed E-state index contributed by atoms with van der Waals surface area (Å²) in [4.78, 5) is 11.0. The summed E-state index contributed by atoms with van der Waals surface area (Å²) in [5.74, 6) is -0.972. The normalized spacial score (nSPS) is 9.94. The van der Waals surface area contributed by atoms with Crippen molar-refractivity contribution in [1.29, 1.82) is 0 Å². The summed E-state index contributed by atoms with van der Waals surface area (Å²) in [6.45, 7) is 0. The lowest BCUT2D eigenvalue weighted by Gasteiger charge is -2.10. The van der Waals surface area contributed by atoms with Crippen molar-refractivity contribution in [2.75, 3.05) is 5.32 Å². The van der Waals surface area contributed by atoms with Gasteiger partial charge in [-0.15, -0.1) is 0 Å². The van der Waals surface area contributed by atoms with Crippen LogP contribution in [0.5, 0.6) is 0 Å². The first-order valence-electron chi connectivity index (χ1n) is 5.02. The van der Waals surface area contributed by atoms with Gasteiger partial charge in [0.2, 0.25) is 0 Å². The molecule has 0 aromatic heterocycles. The number of nitrogens with one attached hydrogen (secondary N) is 1. The van der Waals surface area contributed by atoms with Gasteiger partial charge in [-0.1, -0.05) is 35.9 Å². The first-order chi connectivity index (χ1) is 8.18. The number of carbonyl (C=O) groups is 1. The number of hydrogen-bond acceptors (Lipinski definition) is 2. The van der Waals surface area contributed by atoms with Gasteiger partial charge in [0.1, 0.15) is 0 Å². The van der Waals surface area contributed by atoms with Crippen LogP contribution < -0.4 is 5.32 Å². The number of halogens is 1. The fourth-order valence-corrected chi connectivity index (χ4v) is 1.67. The van der Waals surface area contributed by atoms with Crippen LogP contribution in [0.4, 0.5) is 11.4 Å². The third kappa shape index (κ3) is 2.57. The molecule has 0 unspecified atom stereocenters. The standard InChI is InChI=1S/C13H10ClNO2/c14-10-6-2-4-8-12(10)15-11-7-3-1-5-9(11)13(16)17/h1-8,15H,(H,16,17). The number of aromatic carboxylic acids is 1. The van der Waals surface area contributed by atoms with Crippen LogP contribution in [0, 0.1) is 0 Å². The van der Waals surface area contributed by atoms with Crippen LogP contribution >= 0.6 is 11.6 Å². The van der Waals surface area contributed by atoms with E-state index in [4.69, 9.17) is 16.7 Å². The molecule has 2 aromatic rings. The van der Waals surface area contributed by atoms with E-state index in [-0.39, 0.29) is 5.56 Å². The fraction of sp³-hybridized carbons (Fsp3) is 0. The Morgan fingerprint density at radius 2 is 1.59 bits per heavy atom. The second-order valence-corrected chi connectivity index (χ2v) is 3.86. The SMILES string of the molecule is O=C(O)c1ccccc1Nc1ccccc1Cl. The Hall–Kier alpha value is -2.00. The molecular weight excluding hydrogens is 238 g/mol. The monoisotopic (exact) mass is 247 g/mol. The molecular formula is C13H10ClNO2. The Morgan fingerprint density at radius 1 is 1.00 bits per heavy atom. The Morgan fingerprint density at radius 3 is 2.24 bits per heavy atom. The summed E-state index contributed by atoms with van der Waals surface area (Å²) in [5, 5.41) is 12.6. The zero-order valence-corrected chi connectivity index (χ0v) is 9.61. The summed E-state index contributed by atoms with van der Waals surface area (Å²) in [7, 11) is 0. The van der Waals surface area contributed by atoms with Crippen molar-refractivity contribution in [3.05, 3.63) is 59.1 Å². The third-order valence-electron chi connectivity index (χ3n) is 2.30. The van der Waals surface area contributed by atoms with Gasteiger partial charge in [-0.2, -0.15) is 0 Å². The van der Waals surface area contributed by atoms with Crippen molar-refractivity contribution >= 4 is 28.9 Å². The highest BCUT2D eigenvalue weighted by Crippen LogP contribution is 2.26. The van der Waals surface area contributed by atoms with Crippen molar-refractivity contribution in [2.45, 2.75) is 0 Å². The minimum atomic E-state index is -0.972. The molecule has 0 atom stereocenters. The largest absolute Gasteiger partial charge is 0.478 e. The molecule has 0 saturated heterocycles. The minimum absolute atomic E-state index is 0.215. The summed E-state index contributed by atoms with van der Waals surface area (Å²) in [6, 6.07) is 13.9. The van der Waals surface area contributed by atoms with Gasteiger partial charge in [0.25, 0.3) is 0 Å². The number of carboxylic acids is 1. The molecule has 17 heavy (non-hydrogen) atoms. The van der Waals surface area contributed by atoms with E-state index < -0.39 is 5.97 Å². The molecule has 86 valence electrons. The number of carboxylic acid groups (broad SMARTS) is 1. The lowest BCUT2D eigenvalue weighted by molar-refractivity contribution is 0.0698. The maximum atomic E-state index is 11.0. The van der Waals surface area contributed by atoms with Gasteiger partial charge in [0.15, 0.2) is 0 Å². The summed E-state index contributed by atoms with van der Waals surface area (Å²) < 4.78 is 0. The third-order valence-corrected chi connectivity index (χ3v) is 2.63. The lowest BCUT2D eigenvalue weighted by Crippen LogP contribution is -2.02. The molecule has 0 saturated carbocycles. The first-order valence-corrected chi connectivity index (χ1v) is 5.40. The van der Waals surface area contributed by atoms with Gasteiger partial charge < -0.3 is 10.4 Å². The van der Waals surface area contributed by atoms with Crippen LogP contribution in [0.25, 0.3) is 0 Å². The van der Waals surface area contributed by atoms with Crippen molar-refractivity contribution in [2.24, 2.45) is 0 Å². The summed E-state index contributed by atoms with van der Waals surface area (Å²) >= 11 is 6.00. The topological polar surface area (TPSA) is 49.3 Å². The molecule has 4 heteroatoms. The molecule has 2 N–H and O–H groups in total. The van der Waals surface area contributed by atoms with E-state index in [0.29, 0.717) is 16.4 Å². The van der Waals surface area contributed by atoms with Gasteiger partial charge >= 0.3 is 5.97 Å². The van der Waals surface area contributed by atoms with Gasteiger partial charge in [-0.05, 0) is 24.3 Å². The zero-order chi connectivity index (χ0) is 12.3. The highest BCUT2D eigenvalue weighted by atomic mass is 35.5. The summed E-state index contributed by atoms with van der Waals surface area (Å²) in [6.07, 6.45) is 0. The number of hydrogen-bond donors (Lipinski definition) is 2. The lowest BCUT2D eigenvalue weighted by atomic mass is 10.1. The van der Waals surface area contributed by atoms with Crippen LogP contribution in [0.15, 0.2) is 48.5 Å². The van der Waals surface area contributed by atoms with E-state index in [1.165, 1.54) is 0 Å². The number of benzene rings is 2. The Labute approximate surface area is 104 Å². The maximum absolute atomic E-state index is 11.0. The molecule has 0 amide bonds. The molecule has 3 nitrogen and oxygen atoms in total. The molecule has 0 radical (unpaired) electrons. The number of rotatable bonds is 3. The van der Waals surface area contributed by atoms with Crippen LogP contribution in [-0.4, -0.2) is 11.1 Å². The van der Waals surface area contributed by atoms with Crippen LogP contribution in [0.3, 0.4) is 0 Å². The van der Waals surface area contributed by atoms with Crippen LogP contribution in [0.2, 0.25) is 5.02 Å². The maximum Gasteiger partial charge on any atom is 0.337 e. The highest BCUT2D eigenvalue weighted by molar-refractivity contribution is 6.33. The fourth-order valence-electron chi connectivity index (χ4n) is 1.49. The second-order valence-electron chi connectivity index (χ2n) is 3.46. The number of anilines is 2. The number of para-hydroxylation sites is 2. The molecule has 0 heterocycles. The smallest absolute Gasteiger partial charge is 0.337 e. The quantitative estimate of drug-likeness (QED) is 0.868. The first kappa shape index (κ1) is 11.5. The van der Waals surface area contributed by atoms with Crippen LogP contribution in [0.1, 0.15) is 10.4 Å². The van der Waals surface area contributed by atoms with E-state index in [9.17, 15) is 4.79 Å². The second kappa shape index (κ2) is 4.89. The van der Waals surface area contributed by atoms with Crippen molar-refractivity contribution in [3.8, 4) is 0 Å². The van der Waals surface area contributed by atoms with Crippen molar-refractivity contribution in [1.82, 2.24) is 0 Å². The molecule has 0 aliphatic carbocycles. The average Bonchev–Trinajstić information content (AvgIpc) is 2.32. The van der Waals surface area contributed by atoms with E-state index in [1.807, 2.05) is 12.1 Å². The molecule has 2 aromatic carbocycles. The Bertz CT molecular complexity index is 555. The van der Waals surface area contributed by atoms with Gasteiger partial charge in [0.05, 0.1) is 22.0 Å². The van der Waals surface area contributed by atoms with E-state index in [2.05, 4.69) is 5.32 Å². The Kier molecular flexibility index (Phi) is 3.30. The molecule has 0 bridgehead atoms. The molecule has 2 rings (SSSR count). The molecule has 0 aliphatic rings. The van der Waals surface area contributed by atoms with Gasteiger partial charge in [0, 0.05) is 0 Å². The van der Waals surface area contributed by atoms with Gasteiger partial charge in [-0.25, -0.2) is 4.79 Å². The molecule has 0 spiro atoms. The summed E-state index contributed by atoms with van der Waals surface area (Å²) in [5.41, 5.74) is 1.42. The highest BCUT2D eigenvalue weighted by Gasteiger charge is 2.09. The van der Waals surface area contributed by atoms with Crippen molar-refractivity contribution in [3.63, 3.8) is 0 Å². The Balaban J connectivity index is 2.37. The molecule has 0 aliphatic heterocycles. The predicted octanol–water partition coefficient (Wildman–Crippen LogP) is 3.78. The predicted molar refractivity (Wildman–Crippen MR) is 68.1 cm³/mol. The zero-order valence-electron chi connectivity index (χ0n) is 8.85. The van der Waals surface area contributed by atoms with Crippen LogP contribution in [-0.2, 0) is 0 Å². The minimum Gasteiger partial charge on any atom is -0.478 e. The van der Waals surface area contributed by atoms with E-state index in [1.54, 1.807) is 36.4 Å². The van der Waals surface area contributed by atoms with E-state index in [0.717, 1.165) is 0 Å². The average molecular weight is 248 g/mol. The van der Waals surface area contributed by atoms with E-state index >= 15 is 0 Å². The molecule has 0 fully saturated rings. The van der Waals surface area contributed by atoms with Gasteiger partial charge in [-0.3, -0.25) is 0 Å². The van der Waals surface area contributed by atoms with Crippen molar-refractivity contribution < 1.29 is 9.90 Å².